The number of nitrogens with two attached hydrogens (primary N) is 1. The molecule has 3 N–H and O–H groups in total. The highest BCUT2D eigenvalue weighted by Crippen LogP contribution is 2.35. The van der Waals surface area contributed by atoms with Crippen molar-refractivity contribution in [2.75, 3.05) is 20.3 Å². The second-order valence-electron chi connectivity index (χ2n) is 5.58. The molecule has 24 heavy (non-hydrogen) atoms. The summed E-state index contributed by atoms with van der Waals surface area (Å²) in [7, 11) is 1.56. The molecule has 2 heterocycles. The fourth-order valence-corrected chi connectivity index (χ4v) is 2.95. The number of hydrazone groups is 1. The summed E-state index contributed by atoms with van der Waals surface area (Å²) in [5, 5.41) is 8.33. The number of ether oxygens (including phenoxy) is 2. The Labute approximate surface area is 139 Å². The van der Waals surface area contributed by atoms with Crippen LogP contribution in [-0.2, 0) is 14.3 Å². The number of imide groups is 1. The van der Waals surface area contributed by atoms with Crippen molar-refractivity contribution in [1.29, 1.82) is 0 Å². The first-order chi connectivity index (χ1) is 11.7. The molecular formula is C16H20N4O4. The van der Waals surface area contributed by atoms with Gasteiger partial charge in [-0.2, -0.15) is 5.10 Å². The predicted octanol–water partition coefficient (Wildman–Crippen LogP) is 0.124. The van der Waals surface area contributed by atoms with Gasteiger partial charge in [0.1, 0.15) is 18.4 Å². The van der Waals surface area contributed by atoms with E-state index in [4.69, 9.17) is 15.2 Å². The molecule has 2 unspecified atom stereocenters. The third-order valence-corrected chi connectivity index (χ3v) is 4.05. The molecule has 0 spiro atoms. The first-order valence-electron chi connectivity index (χ1n) is 7.80. The molecule has 1 fully saturated rings. The molecule has 8 nitrogen and oxygen atoms in total. The monoisotopic (exact) mass is 332 g/mol. The SMILES string of the molecule is COC1c2cccc(OCCN)c2C=NN1C1CCC(=O)NC1=O. The van der Waals surface area contributed by atoms with Crippen LogP contribution >= 0.6 is 0 Å². The fourth-order valence-electron chi connectivity index (χ4n) is 2.95. The number of rotatable bonds is 5. The molecular weight excluding hydrogens is 312 g/mol. The van der Waals surface area contributed by atoms with Crippen LogP contribution < -0.4 is 15.8 Å². The highest BCUT2D eigenvalue weighted by atomic mass is 16.5. The lowest BCUT2D eigenvalue weighted by Gasteiger charge is -2.38. The quantitative estimate of drug-likeness (QED) is 0.742. The molecule has 2 aliphatic heterocycles. The van der Waals surface area contributed by atoms with Gasteiger partial charge in [0.05, 0.1) is 6.21 Å². The van der Waals surface area contributed by atoms with E-state index in [0.29, 0.717) is 25.3 Å². The van der Waals surface area contributed by atoms with E-state index >= 15 is 0 Å². The average molecular weight is 332 g/mol. The number of benzene rings is 1. The molecule has 0 saturated carbocycles. The van der Waals surface area contributed by atoms with Gasteiger partial charge in [-0.3, -0.25) is 19.9 Å². The van der Waals surface area contributed by atoms with Crippen LogP contribution in [0.2, 0.25) is 0 Å². The van der Waals surface area contributed by atoms with Crippen molar-refractivity contribution < 1.29 is 19.1 Å². The number of nitrogens with zero attached hydrogens (tertiary/aromatic N) is 2. The van der Waals surface area contributed by atoms with E-state index in [1.165, 1.54) is 0 Å². The first kappa shape index (κ1) is 16.4. The Balaban J connectivity index is 1.90. The lowest BCUT2D eigenvalue weighted by Crippen LogP contribution is -2.52. The number of hydrogen-bond acceptors (Lipinski definition) is 7. The Kier molecular flexibility index (Phi) is 4.77. The van der Waals surface area contributed by atoms with Crippen LogP contribution in [0.4, 0.5) is 0 Å². The second kappa shape index (κ2) is 6.98. The summed E-state index contributed by atoms with van der Waals surface area (Å²) in [5.74, 6) is 0.0557. The minimum atomic E-state index is -0.550. The highest BCUT2D eigenvalue weighted by Gasteiger charge is 2.38. The maximum atomic E-state index is 12.1. The van der Waals surface area contributed by atoms with Crippen molar-refractivity contribution in [2.24, 2.45) is 10.8 Å². The molecule has 1 aromatic rings. The summed E-state index contributed by atoms with van der Waals surface area (Å²) >= 11 is 0. The smallest absolute Gasteiger partial charge is 0.251 e. The number of methoxy groups -OCH3 is 1. The van der Waals surface area contributed by atoms with Crippen molar-refractivity contribution in [3.05, 3.63) is 29.3 Å². The maximum Gasteiger partial charge on any atom is 0.251 e. The molecule has 0 aromatic heterocycles. The number of nitrogens with one attached hydrogen (secondary N) is 1. The van der Waals surface area contributed by atoms with E-state index in [-0.39, 0.29) is 18.2 Å². The molecule has 8 heteroatoms. The third-order valence-electron chi connectivity index (χ3n) is 4.05. The maximum absolute atomic E-state index is 12.1. The van der Waals surface area contributed by atoms with Crippen LogP contribution in [0.25, 0.3) is 0 Å². The summed E-state index contributed by atoms with van der Waals surface area (Å²) in [5.41, 5.74) is 7.15. The third kappa shape index (κ3) is 2.98. The standard InChI is InChI=1S/C16H20N4O4/c1-23-16-10-3-2-4-13(24-8-7-17)11(10)9-18-20(16)12-5-6-14(21)19-15(12)22/h2-4,9,12,16H,5-8,17H2,1H3,(H,19,21,22). The van der Waals surface area contributed by atoms with E-state index in [1.807, 2.05) is 18.2 Å². The molecule has 2 atom stereocenters. The van der Waals surface area contributed by atoms with Gasteiger partial charge < -0.3 is 15.2 Å². The topological polar surface area (TPSA) is 106 Å². The Morgan fingerprint density at radius 3 is 2.96 bits per heavy atom. The van der Waals surface area contributed by atoms with E-state index in [9.17, 15) is 9.59 Å². The normalized spacial score (nSPS) is 23.0. The van der Waals surface area contributed by atoms with Crippen molar-refractivity contribution in [3.63, 3.8) is 0 Å². The summed E-state index contributed by atoms with van der Waals surface area (Å²) in [6.45, 7) is 0.815. The van der Waals surface area contributed by atoms with E-state index < -0.39 is 12.3 Å². The van der Waals surface area contributed by atoms with Gasteiger partial charge in [0.15, 0.2) is 6.23 Å². The van der Waals surface area contributed by atoms with Crippen molar-refractivity contribution in [3.8, 4) is 5.75 Å². The molecule has 128 valence electrons. The van der Waals surface area contributed by atoms with Gasteiger partial charge in [0, 0.05) is 31.2 Å². The van der Waals surface area contributed by atoms with Gasteiger partial charge in [-0.15, -0.1) is 0 Å². The number of hydrogen-bond donors (Lipinski definition) is 2. The summed E-state index contributed by atoms with van der Waals surface area (Å²) in [6, 6.07) is 5.06. The molecule has 0 aliphatic carbocycles. The van der Waals surface area contributed by atoms with E-state index in [1.54, 1.807) is 18.3 Å². The predicted molar refractivity (Wildman–Crippen MR) is 86.3 cm³/mol. The first-order valence-corrected chi connectivity index (χ1v) is 7.80. The Morgan fingerprint density at radius 1 is 1.42 bits per heavy atom. The summed E-state index contributed by atoms with van der Waals surface area (Å²) in [6.07, 6.45) is 1.81. The van der Waals surface area contributed by atoms with Gasteiger partial charge in [-0.25, -0.2) is 0 Å². The van der Waals surface area contributed by atoms with Crippen LogP contribution in [0.1, 0.15) is 30.2 Å². The van der Waals surface area contributed by atoms with Gasteiger partial charge in [-0.05, 0) is 12.5 Å². The van der Waals surface area contributed by atoms with Crippen LogP contribution in [0.3, 0.4) is 0 Å². The molecule has 2 amide bonds. The zero-order chi connectivity index (χ0) is 17.1. The average Bonchev–Trinajstić information content (AvgIpc) is 2.59. The lowest BCUT2D eigenvalue weighted by molar-refractivity contribution is -0.144. The summed E-state index contributed by atoms with van der Waals surface area (Å²) < 4.78 is 11.2. The van der Waals surface area contributed by atoms with E-state index in [0.717, 1.165) is 11.1 Å². The highest BCUT2D eigenvalue weighted by molar-refractivity contribution is 6.00. The number of carbonyl (C=O) groups is 2. The van der Waals surface area contributed by atoms with Crippen molar-refractivity contribution in [2.45, 2.75) is 25.1 Å². The van der Waals surface area contributed by atoms with Gasteiger partial charge in [0.25, 0.3) is 5.91 Å². The summed E-state index contributed by atoms with van der Waals surface area (Å²) in [4.78, 5) is 23.5. The van der Waals surface area contributed by atoms with Gasteiger partial charge in [-0.1, -0.05) is 12.1 Å². The van der Waals surface area contributed by atoms with E-state index in [2.05, 4.69) is 10.4 Å². The van der Waals surface area contributed by atoms with Crippen molar-refractivity contribution in [1.82, 2.24) is 10.3 Å². The molecule has 1 aromatic carbocycles. The Morgan fingerprint density at radius 2 is 2.25 bits per heavy atom. The molecule has 2 aliphatic rings. The van der Waals surface area contributed by atoms with Crippen LogP contribution in [0.15, 0.2) is 23.3 Å². The fraction of sp³-hybridized carbons (Fsp3) is 0.438. The van der Waals surface area contributed by atoms with Crippen LogP contribution in [0.5, 0.6) is 5.75 Å². The minimum Gasteiger partial charge on any atom is -0.492 e. The Hall–Kier alpha value is -2.45. The van der Waals surface area contributed by atoms with Crippen LogP contribution in [-0.4, -0.2) is 49.3 Å². The number of fused-ring (bicyclic) bond motifs is 1. The zero-order valence-electron chi connectivity index (χ0n) is 13.4. The van der Waals surface area contributed by atoms with Gasteiger partial charge in [0.2, 0.25) is 5.91 Å². The molecule has 1 saturated heterocycles. The second-order valence-corrected chi connectivity index (χ2v) is 5.58. The van der Waals surface area contributed by atoms with Gasteiger partial charge >= 0.3 is 0 Å². The van der Waals surface area contributed by atoms with Crippen molar-refractivity contribution >= 4 is 18.0 Å². The molecule has 0 radical (unpaired) electrons. The van der Waals surface area contributed by atoms with Crippen LogP contribution in [0, 0.1) is 0 Å². The number of carbonyl (C=O) groups excluding carboxylic acids is 2. The zero-order valence-corrected chi connectivity index (χ0v) is 13.4. The lowest BCUT2D eigenvalue weighted by atomic mass is 10.0. The Bertz CT molecular complexity index is 676. The molecule has 3 rings (SSSR count). The molecule has 0 bridgehead atoms. The minimum absolute atomic E-state index is 0.260. The largest absolute Gasteiger partial charge is 0.492 e. The number of piperidine rings is 1. The number of amides is 2.